The number of amides is 1. The standard InChI is InChI=1S/C20H24N2O4/c1-13-11-15-9-10-22(13)12-17(15)21-20(23)14-3-5-16(6-4-14)25-19-8-7-18(24-2)26-19/h3-8,13,15,17H,9-12H2,1-2H3,(H,21,23). The van der Waals surface area contributed by atoms with Gasteiger partial charge < -0.3 is 19.2 Å². The lowest BCUT2D eigenvalue weighted by molar-refractivity contribution is 0.0274. The van der Waals surface area contributed by atoms with E-state index in [0.717, 1.165) is 13.1 Å². The van der Waals surface area contributed by atoms with Crippen molar-refractivity contribution in [2.45, 2.75) is 31.8 Å². The van der Waals surface area contributed by atoms with Crippen molar-refractivity contribution in [2.75, 3.05) is 20.2 Å². The van der Waals surface area contributed by atoms with Crippen molar-refractivity contribution in [3.8, 4) is 17.6 Å². The lowest BCUT2D eigenvalue weighted by Crippen LogP contribution is -2.60. The summed E-state index contributed by atoms with van der Waals surface area (Å²) in [6, 6.07) is 11.3. The molecule has 26 heavy (non-hydrogen) atoms. The number of carbonyl (C=O) groups is 1. The van der Waals surface area contributed by atoms with Gasteiger partial charge in [0.25, 0.3) is 17.8 Å². The summed E-state index contributed by atoms with van der Waals surface area (Å²) in [7, 11) is 1.53. The van der Waals surface area contributed by atoms with Gasteiger partial charge in [-0.1, -0.05) is 0 Å². The first-order valence-electron chi connectivity index (χ1n) is 9.09. The third kappa shape index (κ3) is 3.42. The quantitative estimate of drug-likeness (QED) is 0.891. The van der Waals surface area contributed by atoms with Crippen LogP contribution >= 0.6 is 0 Å². The number of ether oxygens (including phenoxy) is 2. The zero-order valence-electron chi connectivity index (χ0n) is 15.1. The number of fused-ring (bicyclic) bond motifs is 3. The maximum atomic E-state index is 12.6. The minimum Gasteiger partial charge on any atom is -0.468 e. The van der Waals surface area contributed by atoms with E-state index >= 15 is 0 Å². The van der Waals surface area contributed by atoms with E-state index in [0.29, 0.717) is 35.2 Å². The molecule has 6 heteroatoms. The predicted molar refractivity (Wildman–Crippen MR) is 96.8 cm³/mol. The molecule has 0 aliphatic carbocycles. The summed E-state index contributed by atoms with van der Waals surface area (Å²) >= 11 is 0. The molecule has 3 aliphatic rings. The SMILES string of the molecule is COc1ccc(Oc2ccc(C(=O)NC3CN4CCC3CC4C)cc2)o1. The third-order valence-electron chi connectivity index (χ3n) is 5.46. The lowest BCUT2D eigenvalue weighted by Gasteiger charge is -2.48. The molecular formula is C20H24N2O4. The molecule has 0 saturated carbocycles. The third-order valence-corrected chi connectivity index (χ3v) is 5.46. The average molecular weight is 356 g/mol. The molecule has 6 nitrogen and oxygen atoms in total. The molecule has 2 bridgehead atoms. The van der Waals surface area contributed by atoms with Crippen LogP contribution in [-0.2, 0) is 0 Å². The van der Waals surface area contributed by atoms with Gasteiger partial charge in [0.15, 0.2) is 0 Å². The Balaban J connectivity index is 1.36. The van der Waals surface area contributed by atoms with Crippen LogP contribution in [0.1, 0.15) is 30.1 Å². The number of benzene rings is 1. The fraction of sp³-hybridized carbons (Fsp3) is 0.450. The topological polar surface area (TPSA) is 63.9 Å². The molecule has 4 heterocycles. The maximum Gasteiger partial charge on any atom is 0.292 e. The second-order valence-corrected chi connectivity index (χ2v) is 7.11. The zero-order valence-corrected chi connectivity index (χ0v) is 15.1. The van der Waals surface area contributed by atoms with Crippen LogP contribution in [0.3, 0.4) is 0 Å². The largest absolute Gasteiger partial charge is 0.468 e. The van der Waals surface area contributed by atoms with Gasteiger partial charge in [-0.05, 0) is 56.5 Å². The molecule has 3 saturated heterocycles. The van der Waals surface area contributed by atoms with E-state index in [1.807, 2.05) is 0 Å². The molecule has 2 aromatic rings. The van der Waals surface area contributed by atoms with Crippen molar-refractivity contribution < 1.29 is 18.7 Å². The van der Waals surface area contributed by atoms with Crippen molar-refractivity contribution in [3.63, 3.8) is 0 Å². The number of nitrogens with one attached hydrogen (secondary N) is 1. The van der Waals surface area contributed by atoms with Gasteiger partial charge in [0.05, 0.1) is 7.11 Å². The number of piperidine rings is 3. The summed E-state index contributed by atoms with van der Waals surface area (Å²) in [6.45, 7) is 4.39. The number of carbonyl (C=O) groups excluding carboxylic acids is 1. The Bertz CT molecular complexity index is 770. The molecule has 1 N–H and O–H groups in total. The molecule has 1 aromatic heterocycles. The van der Waals surface area contributed by atoms with Crippen molar-refractivity contribution >= 4 is 5.91 Å². The van der Waals surface area contributed by atoms with Crippen molar-refractivity contribution in [1.82, 2.24) is 10.2 Å². The van der Waals surface area contributed by atoms with Crippen LogP contribution in [0.25, 0.3) is 0 Å². The summed E-state index contributed by atoms with van der Waals surface area (Å²) < 4.78 is 15.9. The highest BCUT2D eigenvalue weighted by Crippen LogP contribution is 2.32. The van der Waals surface area contributed by atoms with Crippen molar-refractivity contribution in [1.29, 1.82) is 0 Å². The van der Waals surface area contributed by atoms with E-state index in [9.17, 15) is 4.79 Å². The first kappa shape index (κ1) is 17.0. The van der Waals surface area contributed by atoms with E-state index in [1.165, 1.54) is 20.0 Å². The molecule has 1 amide bonds. The first-order chi connectivity index (χ1) is 12.6. The Kier molecular flexibility index (Phi) is 4.59. The van der Waals surface area contributed by atoms with Crippen LogP contribution in [0.5, 0.6) is 17.6 Å². The normalized spacial score (nSPS) is 27.2. The molecule has 5 rings (SSSR count). The lowest BCUT2D eigenvalue weighted by atomic mass is 9.80. The highest BCUT2D eigenvalue weighted by atomic mass is 16.6. The van der Waals surface area contributed by atoms with Gasteiger partial charge in [0.2, 0.25) is 0 Å². The van der Waals surface area contributed by atoms with Crippen LogP contribution in [0.15, 0.2) is 40.8 Å². The summed E-state index contributed by atoms with van der Waals surface area (Å²) in [4.78, 5) is 15.0. The van der Waals surface area contributed by atoms with Crippen LogP contribution in [0.2, 0.25) is 0 Å². The van der Waals surface area contributed by atoms with Gasteiger partial charge in [-0.25, -0.2) is 0 Å². The zero-order chi connectivity index (χ0) is 18.1. The second kappa shape index (κ2) is 7.03. The smallest absolute Gasteiger partial charge is 0.292 e. The molecule has 1 aromatic carbocycles. The molecule has 4 unspecified atom stereocenters. The minimum absolute atomic E-state index is 0.0254. The maximum absolute atomic E-state index is 12.6. The van der Waals surface area contributed by atoms with Gasteiger partial charge >= 0.3 is 0 Å². The minimum atomic E-state index is -0.0254. The van der Waals surface area contributed by atoms with Crippen molar-refractivity contribution in [2.24, 2.45) is 5.92 Å². The van der Waals surface area contributed by atoms with E-state index in [4.69, 9.17) is 13.9 Å². The Morgan fingerprint density at radius 1 is 1.19 bits per heavy atom. The Morgan fingerprint density at radius 2 is 1.96 bits per heavy atom. The number of rotatable bonds is 5. The molecule has 3 aliphatic heterocycles. The molecule has 138 valence electrons. The fourth-order valence-corrected chi connectivity index (χ4v) is 3.97. The van der Waals surface area contributed by atoms with Crippen LogP contribution < -0.4 is 14.8 Å². The van der Waals surface area contributed by atoms with E-state index in [-0.39, 0.29) is 11.9 Å². The number of methoxy groups -OCH3 is 1. The highest BCUT2D eigenvalue weighted by Gasteiger charge is 2.38. The fourth-order valence-electron chi connectivity index (χ4n) is 3.97. The van der Waals surface area contributed by atoms with E-state index < -0.39 is 0 Å². The second-order valence-electron chi connectivity index (χ2n) is 7.11. The summed E-state index contributed by atoms with van der Waals surface area (Å²) in [5, 5.41) is 3.21. The van der Waals surface area contributed by atoms with Crippen LogP contribution in [-0.4, -0.2) is 43.1 Å². The predicted octanol–water partition coefficient (Wildman–Crippen LogP) is 3.29. The van der Waals surface area contributed by atoms with Crippen LogP contribution in [0.4, 0.5) is 0 Å². The summed E-state index contributed by atoms with van der Waals surface area (Å²) in [6.07, 6.45) is 2.35. The molecule has 0 radical (unpaired) electrons. The van der Waals surface area contributed by atoms with Crippen molar-refractivity contribution in [3.05, 3.63) is 42.0 Å². The van der Waals surface area contributed by atoms with Gasteiger partial charge in [0, 0.05) is 36.3 Å². The van der Waals surface area contributed by atoms with Gasteiger partial charge in [-0.2, -0.15) is 0 Å². The Morgan fingerprint density at radius 3 is 2.58 bits per heavy atom. The summed E-state index contributed by atoms with van der Waals surface area (Å²) in [5.41, 5.74) is 0.638. The molecule has 4 atom stereocenters. The van der Waals surface area contributed by atoms with Gasteiger partial charge in [-0.15, -0.1) is 0 Å². The molecular weight excluding hydrogens is 332 g/mol. The van der Waals surface area contributed by atoms with E-state index in [1.54, 1.807) is 36.4 Å². The number of nitrogens with zero attached hydrogens (tertiary/aromatic N) is 1. The van der Waals surface area contributed by atoms with Gasteiger partial charge in [-0.3, -0.25) is 9.69 Å². The van der Waals surface area contributed by atoms with E-state index in [2.05, 4.69) is 17.1 Å². The molecule has 3 fully saturated rings. The monoisotopic (exact) mass is 356 g/mol. The number of furan rings is 1. The number of hydrogen-bond donors (Lipinski definition) is 1. The van der Waals surface area contributed by atoms with Crippen LogP contribution in [0, 0.1) is 5.92 Å². The summed E-state index contributed by atoms with van der Waals surface area (Å²) in [5.74, 6) is 1.91. The average Bonchev–Trinajstić information content (AvgIpc) is 3.11. The number of hydrogen-bond acceptors (Lipinski definition) is 5. The Labute approximate surface area is 153 Å². The van der Waals surface area contributed by atoms with Gasteiger partial charge in [0.1, 0.15) is 5.75 Å². The Hall–Kier alpha value is -2.47. The first-order valence-corrected chi connectivity index (χ1v) is 9.09. The molecule has 0 spiro atoms. The highest BCUT2D eigenvalue weighted by molar-refractivity contribution is 5.94.